The van der Waals surface area contributed by atoms with Gasteiger partial charge in [-0.3, -0.25) is 4.79 Å². The zero-order chi connectivity index (χ0) is 15.8. The summed E-state index contributed by atoms with van der Waals surface area (Å²) >= 11 is 7.01. The Hall–Kier alpha value is -0.980. The van der Waals surface area contributed by atoms with E-state index in [1.165, 1.54) is 4.88 Å². The van der Waals surface area contributed by atoms with E-state index in [1.807, 2.05) is 43.0 Å². The van der Waals surface area contributed by atoms with Crippen LogP contribution < -0.4 is 10.1 Å². The highest BCUT2D eigenvalue weighted by atomic mass is 79.9. The third-order valence-electron chi connectivity index (χ3n) is 2.89. The number of halogens is 1. The molecule has 6 heteroatoms. The van der Waals surface area contributed by atoms with Crippen molar-refractivity contribution in [2.75, 3.05) is 18.9 Å². The predicted molar refractivity (Wildman–Crippen MR) is 97.9 cm³/mol. The van der Waals surface area contributed by atoms with Crippen LogP contribution in [0.5, 0.6) is 5.75 Å². The fourth-order valence-corrected chi connectivity index (χ4v) is 4.23. The van der Waals surface area contributed by atoms with Crippen molar-refractivity contribution in [3.63, 3.8) is 0 Å². The minimum absolute atomic E-state index is 0.0629. The van der Waals surface area contributed by atoms with Crippen LogP contribution in [-0.2, 0) is 10.5 Å². The third kappa shape index (κ3) is 6.02. The Balaban J connectivity index is 1.57. The Bertz CT molecular complexity index is 616. The molecule has 22 heavy (non-hydrogen) atoms. The lowest BCUT2D eigenvalue weighted by Crippen LogP contribution is -2.30. The number of rotatable bonds is 8. The molecule has 0 bridgehead atoms. The summed E-state index contributed by atoms with van der Waals surface area (Å²) < 4.78 is 6.66. The Kier molecular flexibility index (Phi) is 7.29. The summed E-state index contributed by atoms with van der Waals surface area (Å²) in [6.45, 7) is 2.69. The maximum atomic E-state index is 11.7. The average Bonchev–Trinajstić information content (AvgIpc) is 2.91. The lowest BCUT2D eigenvalue weighted by Gasteiger charge is -2.09. The highest BCUT2D eigenvalue weighted by Crippen LogP contribution is 2.25. The first kappa shape index (κ1) is 17.4. The van der Waals surface area contributed by atoms with Gasteiger partial charge in [0.05, 0.1) is 3.79 Å². The van der Waals surface area contributed by atoms with E-state index in [1.54, 1.807) is 11.3 Å². The molecule has 0 aliphatic rings. The summed E-state index contributed by atoms with van der Waals surface area (Å²) in [5.74, 6) is 2.55. The quantitative estimate of drug-likeness (QED) is 0.674. The molecule has 0 saturated carbocycles. The molecule has 1 heterocycles. The first-order valence-electron chi connectivity index (χ1n) is 6.92. The summed E-state index contributed by atoms with van der Waals surface area (Å²) in [5.41, 5.74) is 1.04. The first-order valence-corrected chi connectivity index (χ1v) is 9.68. The molecule has 0 atom stereocenters. The number of nitrogens with one attached hydrogen (secondary N) is 1. The van der Waals surface area contributed by atoms with Crippen molar-refractivity contribution in [1.29, 1.82) is 0 Å². The monoisotopic (exact) mass is 399 g/mol. The van der Waals surface area contributed by atoms with Crippen LogP contribution in [0.2, 0.25) is 0 Å². The summed E-state index contributed by atoms with van der Waals surface area (Å²) in [5, 5.41) is 2.87. The van der Waals surface area contributed by atoms with Crippen LogP contribution in [0.25, 0.3) is 0 Å². The number of ether oxygens (including phenoxy) is 1. The summed E-state index contributed by atoms with van der Waals surface area (Å²) in [4.78, 5) is 13.1. The van der Waals surface area contributed by atoms with Crippen LogP contribution in [0.4, 0.5) is 0 Å². The van der Waals surface area contributed by atoms with E-state index in [-0.39, 0.29) is 12.5 Å². The zero-order valence-electron chi connectivity index (χ0n) is 12.3. The standard InChI is InChI=1S/C16H18BrNO2S2/c1-12-4-2-3-5-14(12)20-10-16(19)18-8-9-21-11-13-6-7-15(17)22-13/h2-7H,8-11H2,1H3,(H,18,19). The molecule has 0 saturated heterocycles. The minimum atomic E-state index is -0.0808. The van der Waals surface area contributed by atoms with Crippen LogP contribution in [0, 0.1) is 6.92 Å². The number of thiophene rings is 1. The smallest absolute Gasteiger partial charge is 0.257 e. The third-order valence-corrected chi connectivity index (χ3v) is 5.71. The topological polar surface area (TPSA) is 38.3 Å². The van der Waals surface area contributed by atoms with Gasteiger partial charge in [0.15, 0.2) is 6.61 Å². The minimum Gasteiger partial charge on any atom is -0.484 e. The number of amides is 1. The predicted octanol–water partition coefficient (Wildman–Crippen LogP) is 4.25. The van der Waals surface area contributed by atoms with Gasteiger partial charge in [0.2, 0.25) is 0 Å². The molecule has 1 aromatic heterocycles. The van der Waals surface area contributed by atoms with Crippen molar-refractivity contribution in [1.82, 2.24) is 5.32 Å². The molecule has 0 fully saturated rings. The second-order valence-electron chi connectivity index (χ2n) is 4.66. The van der Waals surface area contributed by atoms with Crippen LogP contribution in [0.15, 0.2) is 40.2 Å². The zero-order valence-corrected chi connectivity index (χ0v) is 15.5. The Morgan fingerprint density at radius 3 is 2.86 bits per heavy atom. The molecule has 0 aliphatic heterocycles. The van der Waals surface area contributed by atoms with E-state index >= 15 is 0 Å². The maximum absolute atomic E-state index is 11.7. The molecular weight excluding hydrogens is 382 g/mol. The highest BCUT2D eigenvalue weighted by molar-refractivity contribution is 9.11. The van der Waals surface area contributed by atoms with Gasteiger partial charge in [0.25, 0.3) is 5.91 Å². The van der Waals surface area contributed by atoms with E-state index in [2.05, 4.69) is 33.4 Å². The van der Waals surface area contributed by atoms with E-state index in [4.69, 9.17) is 4.74 Å². The van der Waals surface area contributed by atoms with Crippen molar-refractivity contribution < 1.29 is 9.53 Å². The van der Waals surface area contributed by atoms with Crippen LogP contribution in [-0.4, -0.2) is 24.8 Å². The number of benzene rings is 1. The van der Waals surface area contributed by atoms with Gasteiger partial charge in [-0.25, -0.2) is 0 Å². The molecule has 1 amide bonds. The number of para-hydroxylation sites is 1. The van der Waals surface area contributed by atoms with Crippen molar-refractivity contribution in [3.8, 4) is 5.75 Å². The van der Waals surface area contributed by atoms with Crippen LogP contribution in [0.3, 0.4) is 0 Å². The number of hydrogen-bond donors (Lipinski definition) is 1. The maximum Gasteiger partial charge on any atom is 0.257 e. The van der Waals surface area contributed by atoms with Gasteiger partial charge in [-0.05, 0) is 46.6 Å². The lowest BCUT2D eigenvalue weighted by atomic mass is 10.2. The molecule has 1 N–H and O–H groups in total. The molecule has 1 aromatic carbocycles. The van der Waals surface area contributed by atoms with Gasteiger partial charge >= 0.3 is 0 Å². The lowest BCUT2D eigenvalue weighted by molar-refractivity contribution is -0.122. The fourth-order valence-electron chi connectivity index (χ4n) is 1.78. The Morgan fingerprint density at radius 1 is 1.32 bits per heavy atom. The normalized spacial score (nSPS) is 10.5. The van der Waals surface area contributed by atoms with Gasteiger partial charge in [-0.1, -0.05) is 18.2 Å². The van der Waals surface area contributed by atoms with Gasteiger partial charge in [0.1, 0.15) is 5.75 Å². The average molecular weight is 400 g/mol. The summed E-state index contributed by atoms with van der Waals surface area (Å²) in [6, 6.07) is 11.9. The van der Waals surface area contributed by atoms with E-state index in [9.17, 15) is 4.79 Å². The Morgan fingerprint density at radius 2 is 2.14 bits per heavy atom. The number of aryl methyl sites for hydroxylation is 1. The van der Waals surface area contributed by atoms with Crippen LogP contribution in [0.1, 0.15) is 10.4 Å². The molecule has 2 rings (SSSR count). The molecule has 3 nitrogen and oxygen atoms in total. The largest absolute Gasteiger partial charge is 0.484 e. The second kappa shape index (κ2) is 9.22. The van der Waals surface area contributed by atoms with Crippen molar-refractivity contribution in [2.45, 2.75) is 12.7 Å². The number of thioether (sulfide) groups is 1. The van der Waals surface area contributed by atoms with E-state index in [0.29, 0.717) is 6.54 Å². The first-order chi connectivity index (χ1) is 10.6. The van der Waals surface area contributed by atoms with Gasteiger partial charge in [-0.15, -0.1) is 11.3 Å². The molecule has 0 aliphatic carbocycles. The van der Waals surface area contributed by atoms with Gasteiger partial charge in [-0.2, -0.15) is 11.8 Å². The van der Waals surface area contributed by atoms with E-state index < -0.39 is 0 Å². The second-order valence-corrected chi connectivity index (χ2v) is 8.32. The molecule has 0 radical (unpaired) electrons. The molecule has 0 unspecified atom stereocenters. The number of carbonyl (C=O) groups is 1. The SMILES string of the molecule is Cc1ccccc1OCC(=O)NCCSCc1ccc(Br)s1. The molecule has 0 spiro atoms. The summed E-state index contributed by atoms with van der Waals surface area (Å²) in [6.07, 6.45) is 0. The van der Waals surface area contributed by atoms with E-state index in [0.717, 1.165) is 26.6 Å². The van der Waals surface area contributed by atoms with Gasteiger partial charge in [0, 0.05) is 22.9 Å². The molecule has 2 aromatic rings. The van der Waals surface area contributed by atoms with Crippen LogP contribution >= 0.6 is 39.0 Å². The summed E-state index contributed by atoms with van der Waals surface area (Å²) in [7, 11) is 0. The van der Waals surface area contributed by atoms with Crippen molar-refractivity contribution >= 4 is 44.9 Å². The number of hydrogen-bond acceptors (Lipinski definition) is 4. The Labute approximate surface area is 147 Å². The van der Waals surface area contributed by atoms with Crippen molar-refractivity contribution in [3.05, 3.63) is 50.6 Å². The highest BCUT2D eigenvalue weighted by Gasteiger charge is 2.04. The van der Waals surface area contributed by atoms with Gasteiger partial charge < -0.3 is 10.1 Å². The fraction of sp³-hybridized carbons (Fsp3) is 0.312. The van der Waals surface area contributed by atoms with Crippen molar-refractivity contribution in [2.24, 2.45) is 0 Å². The molecular formula is C16H18BrNO2S2. The molecule has 118 valence electrons. The number of carbonyl (C=O) groups excluding carboxylic acids is 1.